The predicted octanol–water partition coefficient (Wildman–Crippen LogP) is -0.360. The summed E-state index contributed by atoms with van der Waals surface area (Å²) in [6.45, 7) is 2.85. The van der Waals surface area contributed by atoms with Gasteiger partial charge in [0, 0.05) is 13.0 Å². The first kappa shape index (κ1) is 7.94. The number of hydrogen-bond donors (Lipinski definition) is 1. The van der Waals surface area contributed by atoms with Crippen LogP contribution in [-0.2, 0) is 9.59 Å². The zero-order valence-electron chi connectivity index (χ0n) is 6.37. The van der Waals surface area contributed by atoms with Gasteiger partial charge in [-0.2, -0.15) is 0 Å². The van der Waals surface area contributed by atoms with Gasteiger partial charge in [0.1, 0.15) is 0 Å². The SMILES string of the molecule is CC(=O)N1C(=O)C=C(C)C1O. The third-order valence-electron chi connectivity index (χ3n) is 1.58. The van der Waals surface area contributed by atoms with Gasteiger partial charge in [0.05, 0.1) is 0 Å². The maximum Gasteiger partial charge on any atom is 0.255 e. The van der Waals surface area contributed by atoms with Gasteiger partial charge in [0.15, 0.2) is 6.23 Å². The molecule has 4 nitrogen and oxygen atoms in total. The van der Waals surface area contributed by atoms with Crippen LogP contribution in [0.4, 0.5) is 0 Å². The minimum absolute atomic E-state index is 0.435. The number of aliphatic hydroxyl groups excluding tert-OH is 1. The van der Waals surface area contributed by atoms with E-state index >= 15 is 0 Å². The summed E-state index contributed by atoms with van der Waals surface area (Å²) in [5.41, 5.74) is 0.505. The fourth-order valence-electron chi connectivity index (χ4n) is 0.990. The van der Waals surface area contributed by atoms with Crippen LogP contribution in [-0.4, -0.2) is 28.0 Å². The van der Waals surface area contributed by atoms with E-state index in [9.17, 15) is 14.7 Å². The van der Waals surface area contributed by atoms with Crippen molar-refractivity contribution in [3.05, 3.63) is 11.6 Å². The van der Waals surface area contributed by atoms with Crippen molar-refractivity contribution >= 4 is 11.8 Å². The highest BCUT2D eigenvalue weighted by Gasteiger charge is 2.31. The Morgan fingerprint density at radius 2 is 2.27 bits per heavy atom. The number of aliphatic hydroxyl groups is 1. The summed E-state index contributed by atoms with van der Waals surface area (Å²) in [5, 5.41) is 9.21. The maximum absolute atomic E-state index is 10.9. The van der Waals surface area contributed by atoms with Crippen LogP contribution < -0.4 is 0 Å². The Morgan fingerprint density at radius 1 is 1.73 bits per heavy atom. The van der Waals surface area contributed by atoms with Gasteiger partial charge >= 0.3 is 0 Å². The van der Waals surface area contributed by atoms with Gasteiger partial charge in [-0.15, -0.1) is 0 Å². The molecule has 1 aliphatic heterocycles. The first-order valence-electron chi connectivity index (χ1n) is 3.24. The minimum Gasteiger partial charge on any atom is -0.369 e. The average Bonchev–Trinajstić information content (AvgIpc) is 2.07. The Hall–Kier alpha value is -1.16. The van der Waals surface area contributed by atoms with E-state index in [0.717, 1.165) is 4.90 Å². The van der Waals surface area contributed by atoms with E-state index in [-0.39, 0.29) is 0 Å². The van der Waals surface area contributed by atoms with Gasteiger partial charge in [-0.1, -0.05) is 0 Å². The molecule has 0 saturated carbocycles. The summed E-state index contributed by atoms with van der Waals surface area (Å²) in [4.78, 5) is 22.4. The molecule has 0 aromatic heterocycles. The van der Waals surface area contributed by atoms with Gasteiger partial charge in [-0.05, 0) is 12.5 Å². The highest BCUT2D eigenvalue weighted by atomic mass is 16.3. The lowest BCUT2D eigenvalue weighted by molar-refractivity contribution is -0.147. The Kier molecular flexibility index (Phi) is 1.78. The van der Waals surface area contributed by atoms with Crippen LogP contribution in [0.2, 0.25) is 0 Å². The lowest BCUT2D eigenvalue weighted by Gasteiger charge is -2.17. The second-order valence-corrected chi connectivity index (χ2v) is 2.49. The third kappa shape index (κ3) is 1.17. The second-order valence-electron chi connectivity index (χ2n) is 2.49. The van der Waals surface area contributed by atoms with Gasteiger partial charge in [-0.3, -0.25) is 9.59 Å². The predicted molar refractivity (Wildman–Crippen MR) is 37.3 cm³/mol. The summed E-state index contributed by atoms with van der Waals surface area (Å²) in [6, 6.07) is 0. The molecule has 0 aromatic rings. The summed E-state index contributed by atoms with van der Waals surface area (Å²) in [7, 11) is 0. The fourth-order valence-corrected chi connectivity index (χ4v) is 0.990. The van der Waals surface area contributed by atoms with Crippen molar-refractivity contribution in [1.29, 1.82) is 0 Å². The molecule has 1 rings (SSSR count). The molecule has 1 heterocycles. The summed E-state index contributed by atoms with van der Waals surface area (Å²) < 4.78 is 0. The number of imide groups is 1. The Labute approximate surface area is 64.1 Å². The Bertz CT molecular complexity index is 244. The van der Waals surface area contributed by atoms with Crippen LogP contribution in [0.15, 0.2) is 11.6 Å². The molecule has 0 spiro atoms. The topological polar surface area (TPSA) is 57.6 Å². The summed E-state index contributed by atoms with van der Waals surface area (Å²) in [6.07, 6.45) is 0.200. The molecular formula is C7H9NO3. The average molecular weight is 155 g/mol. The number of carbonyl (C=O) groups is 2. The van der Waals surface area contributed by atoms with E-state index in [4.69, 9.17) is 0 Å². The number of hydrogen-bond acceptors (Lipinski definition) is 3. The number of carbonyl (C=O) groups excluding carboxylic acids is 2. The van der Waals surface area contributed by atoms with Gasteiger partial charge in [-0.25, -0.2) is 4.90 Å². The lowest BCUT2D eigenvalue weighted by Crippen LogP contribution is -2.38. The largest absolute Gasteiger partial charge is 0.369 e. The molecule has 0 saturated heterocycles. The first-order chi connectivity index (χ1) is 5.04. The van der Waals surface area contributed by atoms with Crippen molar-refractivity contribution in [1.82, 2.24) is 4.90 Å². The van der Waals surface area contributed by atoms with E-state index in [1.165, 1.54) is 13.0 Å². The monoisotopic (exact) mass is 155 g/mol. The van der Waals surface area contributed by atoms with E-state index in [1.54, 1.807) is 6.92 Å². The van der Waals surface area contributed by atoms with Crippen molar-refractivity contribution in [2.45, 2.75) is 20.1 Å². The molecule has 0 bridgehead atoms. The smallest absolute Gasteiger partial charge is 0.255 e. The zero-order chi connectivity index (χ0) is 8.59. The van der Waals surface area contributed by atoms with E-state index < -0.39 is 18.0 Å². The highest BCUT2D eigenvalue weighted by Crippen LogP contribution is 2.16. The molecule has 0 aromatic carbocycles. The van der Waals surface area contributed by atoms with Crippen molar-refractivity contribution in [3.8, 4) is 0 Å². The van der Waals surface area contributed by atoms with Gasteiger partial charge in [0.2, 0.25) is 5.91 Å². The summed E-state index contributed by atoms with van der Waals surface area (Å²) >= 11 is 0. The van der Waals surface area contributed by atoms with Crippen LogP contribution in [0.3, 0.4) is 0 Å². The second kappa shape index (κ2) is 2.47. The van der Waals surface area contributed by atoms with Crippen molar-refractivity contribution in [3.63, 3.8) is 0 Å². The van der Waals surface area contributed by atoms with Crippen LogP contribution in [0.25, 0.3) is 0 Å². The Morgan fingerprint density at radius 3 is 2.45 bits per heavy atom. The van der Waals surface area contributed by atoms with E-state index in [2.05, 4.69) is 0 Å². The Balaban J connectivity index is 2.89. The van der Waals surface area contributed by atoms with Crippen LogP contribution >= 0.6 is 0 Å². The molecule has 1 aliphatic rings. The van der Waals surface area contributed by atoms with E-state index in [0.29, 0.717) is 5.57 Å². The normalized spacial score (nSPS) is 23.9. The molecule has 0 aliphatic carbocycles. The molecule has 1 unspecified atom stereocenters. The van der Waals surface area contributed by atoms with Crippen LogP contribution in [0.1, 0.15) is 13.8 Å². The fraction of sp³-hybridized carbons (Fsp3) is 0.429. The first-order valence-corrected chi connectivity index (χ1v) is 3.24. The molecule has 2 amide bonds. The maximum atomic E-state index is 10.9. The summed E-state index contributed by atoms with van der Waals surface area (Å²) in [5.74, 6) is -0.877. The van der Waals surface area contributed by atoms with Crippen LogP contribution in [0, 0.1) is 0 Å². The number of rotatable bonds is 0. The molecular weight excluding hydrogens is 146 g/mol. The van der Waals surface area contributed by atoms with Gasteiger partial charge < -0.3 is 5.11 Å². The van der Waals surface area contributed by atoms with Gasteiger partial charge in [0.25, 0.3) is 5.91 Å². The number of nitrogens with zero attached hydrogens (tertiary/aromatic N) is 1. The number of amides is 2. The zero-order valence-corrected chi connectivity index (χ0v) is 6.37. The van der Waals surface area contributed by atoms with Crippen molar-refractivity contribution in [2.75, 3.05) is 0 Å². The molecule has 1 atom stereocenters. The minimum atomic E-state index is -1.06. The highest BCUT2D eigenvalue weighted by molar-refractivity contribution is 6.03. The van der Waals surface area contributed by atoms with Crippen molar-refractivity contribution in [2.24, 2.45) is 0 Å². The third-order valence-corrected chi connectivity index (χ3v) is 1.58. The van der Waals surface area contributed by atoms with E-state index in [1.807, 2.05) is 0 Å². The van der Waals surface area contributed by atoms with Crippen molar-refractivity contribution < 1.29 is 14.7 Å². The molecule has 4 heteroatoms. The molecule has 60 valence electrons. The molecule has 11 heavy (non-hydrogen) atoms. The van der Waals surface area contributed by atoms with Crippen LogP contribution in [0.5, 0.6) is 0 Å². The quantitative estimate of drug-likeness (QED) is 0.519. The standard InChI is InChI=1S/C7H9NO3/c1-4-3-6(10)8(5(2)9)7(4)11/h3,7,11H,1-2H3. The lowest BCUT2D eigenvalue weighted by atomic mass is 10.3. The molecule has 1 N–H and O–H groups in total. The molecule has 0 radical (unpaired) electrons. The molecule has 0 fully saturated rings.